The van der Waals surface area contributed by atoms with Crippen molar-refractivity contribution in [2.45, 2.75) is 120 Å². The van der Waals surface area contributed by atoms with Gasteiger partial charge >= 0.3 is 12.2 Å². The first-order chi connectivity index (χ1) is 25.1. The van der Waals surface area contributed by atoms with Crippen LogP contribution in [0, 0.1) is 11.3 Å². The third-order valence-electron chi connectivity index (χ3n) is 11.0. The van der Waals surface area contributed by atoms with Gasteiger partial charge in [0.15, 0.2) is 11.5 Å². The molecule has 6 aliphatic rings. The number of alkyl carbamates (subject to hydrolysis) is 1. The Labute approximate surface area is 308 Å². The molecule has 3 aliphatic carbocycles. The zero-order valence-electron chi connectivity index (χ0n) is 30.2. The highest BCUT2D eigenvalue weighted by Crippen LogP contribution is 2.46. The van der Waals surface area contributed by atoms with Crippen molar-refractivity contribution in [2.24, 2.45) is 11.3 Å². The summed E-state index contributed by atoms with van der Waals surface area (Å²) in [6.45, 7) is 9.52. The number of nitrogens with one attached hydrogen (secondary N) is 3. The summed E-state index contributed by atoms with van der Waals surface area (Å²) in [6.07, 6.45) is 3.14. The molecule has 1 aromatic carbocycles. The lowest BCUT2D eigenvalue weighted by Crippen LogP contribution is -2.60. The molecule has 3 saturated carbocycles. The van der Waals surface area contributed by atoms with Crippen LogP contribution in [0.2, 0.25) is 0 Å². The van der Waals surface area contributed by atoms with Gasteiger partial charge in [-0.15, -0.1) is 6.58 Å². The molecule has 53 heavy (non-hydrogen) atoms. The molecular weight excluding hydrogens is 710 g/mol. The molecule has 5 atom stereocenters. The van der Waals surface area contributed by atoms with E-state index >= 15 is 0 Å². The van der Waals surface area contributed by atoms with E-state index in [1.165, 1.54) is 15.9 Å². The van der Waals surface area contributed by atoms with Crippen molar-refractivity contribution >= 4 is 39.9 Å². The summed E-state index contributed by atoms with van der Waals surface area (Å²) < 4.78 is 49.9. The lowest BCUT2D eigenvalue weighted by atomic mass is 9.85. The highest BCUT2D eigenvalue weighted by atomic mass is 32.2. The Morgan fingerprint density at radius 2 is 1.62 bits per heavy atom. The highest BCUT2D eigenvalue weighted by Gasteiger charge is 2.62. The van der Waals surface area contributed by atoms with Crippen LogP contribution in [0.5, 0.6) is 11.5 Å². The summed E-state index contributed by atoms with van der Waals surface area (Å²) in [5.74, 6) is -1.57. The number of benzene rings is 1. The Kier molecular flexibility index (Phi) is 9.52. The molecule has 288 valence electrons. The summed E-state index contributed by atoms with van der Waals surface area (Å²) in [5, 5.41) is 4.80. The van der Waals surface area contributed by atoms with Crippen molar-refractivity contribution in [3.8, 4) is 11.5 Å². The molecule has 0 bridgehead atoms. The number of hydrogen-bond donors (Lipinski definition) is 3. The van der Waals surface area contributed by atoms with Crippen molar-refractivity contribution in [3.63, 3.8) is 0 Å². The number of rotatable bonds is 10. The first kappa shape index (κ1) is 36.8. The third-order valence-corrected chi connectivity index (χ3v) is 12.8. The molecule has 16 nitrogen and oxygen atoms in total. The van der Waals surface area contributed by atoms with E-state index in [-0.39, 0.29) is 45.4 Å². The molecule has 0 aromatic heterocycles. The first-order valence-electron chi connectivity index (χ1n) is 18.2. The lowest BCUT2D eigenvalue weighted by Gasteiger charge is -2.35. The second kappa shape index (κ2) is 13.7. The molecular formula is C36H47N5O11S. The van der Waals surface area contributed by atoms with E-state index in [2.05, 4.69) is 21.9 Å². The van der Waals surface area contributed by atoms with E-state index in [1.807, 2.05) is 12.1 Å². The molecule has 17 heteroatoms. The van der Waals surface area contributed by atoms with Crippen molar-refractivity contribution in [1.29, 1.82) is 0 Å². The zero-order valence-corrected chi connectivity index (χ0v) is 31.0. The van der Waals surface area contributed by atoms with Crippen LogP contribution in [0.15, 0.2) is 24.8 Å². The normalized spacial score (nSPS) is 26.7. The zero-order chi connectivity index (χ0) is 37.9. The van der Waals surface area contributed by atoms with Gasteiger partial charge in [0.25, 0.3) is 5.91 Å². The van der Waals surface area contributed by atoms with Gasteiger partial charge < -0.3 is 34.5 Å². The van der Waals surface area contributed by atoms with E-state index in [1.54, 1.807) is 20.8 Å². The number of carbonyl (C=O) groups is 5. The van der Waals surface area contributed by atoms with Gasteiger partial charge in [-0.1, -0.05) is 26.8 Å². The van der Waals surface area contributed by atoms with Crippen LogP contribution < -0.4 is 24.8 Å². The molecule has 0 unspecified atom stereocenters. The summed E-state index contributed by atoms with van der Waals surface area (Å²) in [5.41, 5.74) is -0.668. The number of nitrogens with zero attached hydrogens (tertiary/aromatic N) is 2. The van der Waals surface area contributed by atoms with Crippen molar-refractivity contribution < 1.29 is 51.3 Å². The van der Waals surface area contributed by atoms with Gasteiger partial charge in [-0.05, 0) is 73.6 Å². The van der Waals surface area contributed by atoms with E-state index in [0.717, 1.165) is 36.8 Å². The summed E-state index contributed by atoms with van der Waals surface area (Å²) >= 11 is 0. The molecule has 1 saturated heterocycles. The maximum atomic E-state index is 14.4. The summed E-state index contributed by atoms with van der Waals surface area (Å²) in [7, 11) is -3.92. The maximum Gasteiger partial charge on any atom is 0.410 e. The van der Waals surface area contributed by atoms with Gasteiger partial charge in [0.2, 0.25) is 28.6 Å². The molecule has 5 amide bonds. The van der Waals surface area contributed by atoms with Gasteiger partial charge in [0.05, 0.1) is 11.8 Å². The fourth-order valence-electron chi connectivity index (χ4n) is 7.65. The Bertz CT molecular complexity index is 1790. The second-order valence-corrected chi connectivity index (χ2v) is 18.0. The largest absolute Gasteiger partial charge is 0.454 e. The van der Waals surface area contributed by atoms with E-state index < -0.39 is 80.2 Å². The minimum atomic E-state index is -3.92. The SMILES string of the molecule is C=C[C@H]1C[C@@]1(NC(=O)[C@@H]1C[C@@H](OC(=O)N2Cc3cc4c(cc3C2)OCO4)CN1C(=O)[C@@H](NC(=O)OC1CCCC1)C(C)(C)C)C(=O)NS(=O)(=O)C1CC1. The number of likely N-dealkylation sites (tertiary alicyclic amines) is 1. The molecule has 0 spiro atoms. The van der Waals surface area contributed by atoms with E-state index in [0.29, 0.717) is 24.3 Å². The Hall–Kier alpha value is -4.54. The Balaban J connectivity index is 1.09. The van der Waals surface area contributed by atoms with E-state index in [9.17, 15) is 32.4 Å². The monoisotopic (exact) mass is 757 g/mol. The number of fused-ring (bicyclic) bond motifs is 2. The fraction of sp³-hybridized carbons (Fsp3) is 0.639. The highest BCUT2D eigenvalue weighted by molar-refractivity contribution is 7.91. The minimum absolute atomic E-state index is 0.111. The standard InChI is InChI=1S/C36H47N5O11S/c1-5-22-15-36(22,32(44)39-53(47,48)25-10-11-25)38-30(42)26-14-24(52-34(46)40-16-20-12-27-28(50-19-49-27)13-21(20)17-40)18-41(26)31(43)29(35(2,3)4)37-33(45)51-23-8-6-7-9-23/h5,12-13,22-26,29H,1,6-11,14-19H2,2-4H3,(H,37,45)(H,38,42)(H,39,44)/t22-,24+,26-,29+,36-/m0/s1. The number of hydrogen-bond acceptors (Lipinski definition) is 11. The van der Waals surface area contributed by atoms with Crippen LogP contribution in [-0.4, -0.2) is 96.5 Å². The Morgan fingerprint density at radius 1 is 0.981 bits per heavy atom. The molecule has 3 aliphatic heterocycles. The predicted molar refractivity (Wildman–Crippen MR) is 187 cm³/mol. The number of sulfonamides is 1. The average Bonchev–Trinajstić information content (AvgIpc) is 3.76. The van der Waals surface area contributed by atoms with Crippen LogP contribution in [-0.2, 0) is 47.0 Å². The Morgan fingerprint density at radius 3 is 2.19 bits per heavy atom. The quantitative estimate of drug-likeness (QED) is 0.297. The second-order valence-electron chi connectivity index (χ2n) is 16.0. The van der Waals surface area contributed by atoms with Crippen LogP contribution in [0.25, 0.3) is 0 Å². The van der Waals surface area contributed by atoms with Crippen LogP contribution in [0.4, 0.5) is 9.59 Å². The van der Waals surface area contributed by atoms with Crippen LogP contribution in [0.3, 0.4) is 0 Å². The number of ether oxygens (including phenoxy) is 4. The van der Waals surface area contributed by atoms with Crippen molar-refractivity contribution in [2.75, 3.05) is 13.3 Å². The van der Waals surface area contributed by atoms with Gasteiger partial charge in [0.1, 0.15) is 29.8 Å². The van der Waals surface area contributed by atoms with Gasteiger partial charge in [-0.3, -0.25) is 24.0 Å². The molecule has 7 rings (SSSR count). The van der Waals surface area contributed by atoms with Crippen LogP contribution in [0.1, 0.15) is 83.3 Å². The summed E-state index contributed by atoms with van der Waals surface area (Å²) in [6, 6.07) is 1.29. The topological polar surface area (TPSA) is 199 Å². The maximum absolute atomic E-state index is 14.4. The van der Waals surface area contributed by atoms with Gasteiger partial charge in [-0.2, -0.15) is 0 Å². The van der Waals surface area contributed by atoms with Gasteiger partial charge in [0, 0.05) is 25.4 Å². The molecule has 4 fully saturated rings. The number of carbonyl (C=O) groups excluding carboxylic acids is 5. The summed E-state index contributed by atoms with van der Waals surface area (Å²) in [4.78, 5) is 71.4. The first-order valence-corrected chi connectivity index (χ1v) is 19.8. The molecule has 3 N–H and O–H groups in total. The van der Waals surface area contributed by atoms with Gasteiger partial charge in [-0.25, -0.2) is 18.0 Å². The average molecular weight is 758 g/mol. The van der Waals surface area contributed by atoms with Crippen molar-refractivity contribution in [3.05, 3.63) is 35.9 Å². The van der Waals surface area contributed by atoms with Crippen LogP contribution >= 0.6 is 0 Å². The predicted octanol–water partition coefficient (Wildman–Crippen LogP) is 2.59. The fourth-order valence-corrected chi connectivity index (χ4v) is 9.02. The molecule has 0 radical (unpaired) electrons. The molecule has 1 aromatic rings. The number of amides is 5. The molecule has 3 heterocycles. The lowest BCUT2D eigenvalue weighted by molar-refractivity contribution is -0.143. The van der Waals surface area contributed by atoms with E-state index in [4.69, 9.17) is 18.9 Å². The minimum Gasteiger partial charge on any atom is -0.454 e. The van der Waals surface area contributed by atoms with Crippen molar-refractivity contribution in [1.82, 2.24) is 25.2 Å². The third kappa shape index (κ3) is 7.49. The smallest absolute Gasteiger partial charge is 0.410 e.